The largest absolute Gasteiger partial charge is 0.452 e. The molecule has 1 amide bonds. The Kier molecular flexibility index (Phi) is 3.30. The lowest BCUT2D eigenvalue weighted by Crippen LogP contribution is -2.16. The topological polar surface area (TPSA) is 66.5 Å². The van der Waals surface area contributed by atoms with Crippen LogP contribution in [-0.4, -0.2) is 24.4 Å². The highest BCUT2D eigenvalue weighted by atomic mass is 35.5. The van der Waals surface area contributed by atoms with E-state index in [2.05, 4.69) is 20.2 Å². The van der Waals surface area contributed by atoms with Crippen molar-refractivity contribution < 1.29 is 9.53 Å². The first-order valence-electron chi connectivity index (χ1n) is 4.85. The van der Waals surface area contributed by atoms with Crippen LogP contribution < -0.4 is 5.43 Å². The van der Waals surface area contributed by atoms with Crippen LogP contribution in [0.15, 0.2) is 29.4 Å². The third-order valence-corrected chi connectivity index (χ3v) is 2.53. The van der Waals surface area contributed by atoms with E-state index in [1.807, 2.05) is 24.3 Å². The van der Waals surface area contributed by atoms with E-state index in [0.29, 0.717) is 5.15 Å². The number of fused-ring (bicyclic) bond motifs is 1. The third kappa shape index (κ3) is 2.39. The average molecular weight is 252 g/mol. The molecule has 0 unspecified atom stereocenters. The van der Waals surface area contributed by atoms with Gasteiger partial charge in [0.05, 0.1) is 13.3 Å². The van der Waals surface area contributed by atoms with E-state index in [-0.39, 0.29) is 0 Å². The Bertz CT molecular complexity index is 577. The second-order valence-electron chi connectivity index (χ2n) is 3.26. The van der Waals surface area contributed by atoms with Gasteiger partial charge in [0.1, 0.15) is 5.15 Å². The number of nitrogens with zero attached hydrogens (tertiary/aromatic N) is 1. The van der Waals surface area contributed by atoms with Crippen molar-refractivity contribution in [3.05, 3.63) is 35.0 Å². The summed E-state index contributed by atoms with van der Waals surface area (Å²) in [6.45, 7) is 0. The minimum absolute atomic E-state index is 0.474. The summed E-state index contributed by atoms with van der Waals surface area (Å²) in [5.41, 5.74) is 3.83. The van der Waals surface area contributed by atoms with Crippen LogP contribution in [0.5, 0.6) is 0 Å². The second-order valence-corrected chi connectivity index (χ2v) is 3.64. The smallest absolute Gasteiger partial charge is 0.427 e. The van der Waals surface area contributed by atoms with Crippen molar-refractivity contribution >= 4 is 34.8 Å². The van der Waals surface area contributed by atoms with Crippen molar-refractivity contribution in [2.45, 2.75) is 0 Å². The normalized spacial score (nSPS) is 10.9. The van der Waals surface area contributed by atoms with Gasteiger partial charge in [0, 0.05) is 16.5 Å². The fourth-order valence-electron chi connectivity index (χ4n) is 1.45. The molecule has 0 radical (unpaired) electrons. The molecule has 0 aliphatic heterocycles. The molecule has 0 bridgehead atoms. The van der Waals surface area contributed by atoms with Gasteiger partial charge in [-0.1, -0.05) is 29.8 Å². The maximum atomic E-state index is 10.8. The molecule has 6 heteroatoms. The molecule has 1 aromatic carbocycles. The van der Waals surface area contributed by atoms with Crippen LogP contribution in [0.4, 0.5) is 4.79 Å². The van der Waals surface area contributed by atoms with E-state index >= 15 is 0 Å². The highest BCUT2D eigenvalue weighted by molar-refractivity contribution is 6.34. The van der Waals surface area contributed by atoms with Crippen LogP contribution in [0.25, 0.3) is 10.9 Å². The van der Waals surface area contributed by atoms with E-state index in [9.17, 15) is 4.79 Å². The highest BCUT2D eigenvalue weighted by Crippen LogP contribution is 2.23. The molecule has 2 rings (SSSR count). The summed E-state index contributed by atoms with van der Waals surface area (Å²) >= 11 is 6.03. The number of carbonyl (C=O) groups is 1. The number of aromatic nitrogens is 1. The van der Waals surface area contributed by atoms with Gasteiger partial charge in [-0.3, -0.25) is 0 Å². The summed E-state index contributed by atoms with van der Waals surface area (Å²) < 4.78 is 4.38. The number of rotatable bonds is 2. The number of hydrogen-bond acceptors (Lipinski definition) is 3. The van der Waals surface area contributed by atoms with Gasteiger partial charge >= 0.3 is 6.09 Å². The Morgan fingerprint density at radius 2 is 2.29 bits per heavy atom. The number of ether oxygens (including phenoxy) is 1. The fourth-order valence-corrected chi connectivity index (χ4v) is 1.70. The first-order chi connectivity index (χ1) is 8.22. The molecule has 0 aliphatic carbocycles. The Morgan fingerprint density at radius 3 is 3.06 bits per heavy atom. The summed E-state index contributed by atoms with van der Waals surface area (Å²) in [4.78, 5) is 13.8. The van der Waals surface area contributed by atoms with E-state index < -0.39 is 6.09 Å². The minimum Gasteiger partial charge on any atom is -0.452 e. The number of aromatic amines is 1. The number of halogens is 1. The number of hydrazone groups is 1. The predicted molar refractivity (Wildman–Crippen MR) is 66.4 cm³/mol. The number of H-pyrrole nitrogens is 1. The molecule has 0 fully saturated rings. The highest BCUT2D eigenvalue weighted by Gasteiger charge is 2.06. The SMILES string of the molecule is COC(=O)NN=Cc1c(Cl)[nH]c2ccccc12. The van der Waals surface area contributed by atoms with Crippen LogP contribution in [0.3, 0.4) is 0 Å². The number of benzene rings is 1. The van der Waals surface area contributed by atoms with Gasteiger partial charge in [0.25, 0.3) is 0 Å². The monoisotopic (exact) mass is 251 g/mol. The number of para-hydroxylation sites is 1. The first kappa shape index (κ1) is 11.5. The van der Waals surface area contributed by atoms with Gasteiger partial charge < -0.3 is 9.72 Å². The van der Waals surface area contributed by atoms with E-state index in [1.54, 1.807) is 0 Å². The summed E-state index contributed by atoms with van der Waals surface area (Å²) in [6.07, 6.45) is 0.843. The third-order valence-electron chi connectivity index (χ3n) is 2.23. The van der Waals surface area contributed by atoms with Crippen molar-refractivity contribution in [1.82, 2.24) is 10.4 Å². The summed E-state index contributed by atoms with van der Waals surface area (Å²) in [6, 6.07) is 7.63. The predicted octanol–water partition coefficient (Wildman–Crippen LogP) is 2.51. The molecule has 0 saturated carbocycles. The van der Waals surface area contributed by atoms with Gasteiger partial charge in [-0.2, -0.15) is 5.10 Å². The molecule has 0 saturated heterocycles. The Labute approximate surface area is 102 Å². The lowest BCUT2D eigenvalue weighted by Gasteiger charge is -1.95. The molecule has 17 heavy (non-hydrogen) atoms. The second kappa shape index (κ2) is 4.88. The maximum Gasteiger partial charge on any atom is 0.427 e. The van der Waals surface area contributed by atoms with Gasteiger partial charge in [0.2, 0.25) is 0 Å². The molecule has 0 atom stereocenters. The molecule has 2 N–H and O–H groups in total. The molecule has 0 aliphatic rings. The van der Waals surface area contributed by atoms with Gasteiger partial charge in [-0.15, -0.1) is 0 Å². The van der Waals surface area contributed by atoms with Gasteiger partial charge in [-0.05, 0) is 6.07 Å². The van der Waals surface area contributed by atoms with Crippen LogP contribution in [0, 0.1) is 0 Å². The summed E-state index contributed by atoms with van der Waals surface area (Å²) in [5.74, 6) is 0. The molecule has 88 valence electrons. The Hall–Kier alpha value is -2.01. The minimum atomic E-state index is -0.628. The number of amides is 1. The molecule has 1 heterocycles. The lowest BCUT2D eigenvalue weighted by molar-refractivity contribution is 0.171. The molecular weight excluding hydrogens is 242 g/mol. The van der Waals surface area contributed by atoms with Gasteiger partial charge in [-0.25, -0.2) is 10.2 Å². The lowest BCUT2D eigenvalue weighted by atomic mass is 10.2. The summed E-state index contributed by atoms with van der Waals surface area (Å²) in [5, 5.41) is 5.15. The number of carbonyl (C=O) groups excluding carboxylic acids is 1. The van der Waals surface area contributed by atoms with Crippen molar-refractivity contribution in [2.24, 2.45) is 5.10 Å². The number of methoxy groups -OCH3 is 1. The summed E-state index contributed by atoms with van der Waals surface area (Å²) in [7, 11) is 1.27. The van der Waals surface area contributed by atoms with Crippen LogP contribution in [-0.2, 0) is 4.74 Å². The zero-order valence-corrected chi connectivity index (χ0v) is 9.78. The Balaban J connectivity index is 2.29. The molecule has 2 aromatic rings. The molecular formula is C11H10ClN3O2. The van der Waals surface area contributed by atoms with Crippen LogP contribution >= 0.6 is 11.6 Å². The average Bonchev–Trinajstić information content (AvgIpc) is 2.66. The number of hydrogen-bond donors (Lipinski definition) is 2. The Morgan fingerprint density at radius 1 is 1.53 bits per heavy atom. The van der Waals surface area contributed by atoms with E-state index in [4.69, 9.17) is 11.6 Å². The van der Waals surface area contributed by atoms with Crippen LogP contribution in [0.1, 0.15) is 5.56 Å². The van der Waals surface area contributed by atoms with Crippen molar-refractivity contribution in [3.8, 4) is 0 Å². The molecule has 5 nitrogen and oxygen atoms in total. The number of nitrogens with one attached hydrogen (secondary N) is 2. The molecule has 1 aromatic heterocycles. The van der Waals surface area contributed by atoms with E-state index in [0.717, 1.165) is 16.5 Å². The quantitative estimate of drug-likeness (QED) is 0.636. The zero-order chi connectivity index (χ0) is 12.3. The zero-order valence-electron chi connectivity index (χ0n) is 9.03. The maximum absolute atomic E-state index is 10.8. The van der Waals surface area contributed by atoms with Crippen LogP contribution in [0.2, 0.25) is 5.15 Å². The van der Waals surface area contributed by atoms with E-state index in [1.165, 1.54) is 13.3 Å². The standard InChI is InChI=1S/C11H10ClN3O2/c1-17-11(16)15-13-6-8-7-4-2-3-5-9(7)14-10(8)12/h2-6,14H,1H3,(H,15,16). The fraction of sp³-hybridized carbons (Fsp3) is 0.0909. The first-order valence-corrected chi connectivity index (χ1v) is 5.23. The van der Waals surface area contributed by atoms with Crippen molar-refractivity contribution in [3.63, 3.8) is 0 Å². The van der Waals surface area contributed by atoms with Crippen molar-refractivity contribution in [2.75, 3.05) is 7.11 Å². The van der Waals surface area contributed by atoms with Crippen molar-refractivity contribution in [1.29, 1.82) is 0 Å². The van der Waals surface area contributed by atoms with Gasteiger partial charge in [0.15, 0.2) is 0 Å². The molecule has 0 spiro atoms.